The second kappa shape index (κ2) is 6.36. The number of para-hydroxylation sites is 2. The third kappa shape index (κ3) is 2.77. The summed E-state index contributed by atoms with van der Waals surface area (Å²) in [6.45, 7) is 0.984. The number of rotatable bonds is 4. The molecule has 2 heterocycles. The molecule has 0 radical (unpaired) electrons. The van der Waals surface area contributed by atoms with Crippen LogP contribution >= 0.6 is 0 Å². The molecule has 3 aromatic carbocycles. The van der Waals surface area contributed by atoms with Crippen molar-refractivity contribution >= 4 is 21.8 Å². The maximum absolute atomic E-state index is 13.9. The van der Waals surface area contributed by atoms with Gasteiger partial charge in [0.1, 0.15) is 11.5 Å². The molecule has 0 spiro atoms. The van der Waals surface area contributed by atoms with E-state index in [-0.39, 0.29) is 5.82 Å². The molecule has 0 bridgehead atoms. The number of aromatic nitrogens is 4. The van der Waals surface area contributed by atoms with Crippen molar-refractivity contribution in [1.29, 1.82) is 0 Å². The van der Waals surface area contributed by atoms with Crippen LogP contribution in [0.2, 0.25) is 0 Å². The molecule has 5 rings (SSSR count). The largest absolute Gasteiger partial charge is 0.334 e. The molecular weight excluding hydrogens is 339 g/mol. The SMILES string of the molecule is Fc1ccccc1Cn1cc(Cn2c3ccccc3c3ccccc32)nn1. The van der Waals surface area contributed by atoms with E-state index in [4.69, 9.17) is 0 Å². The highest BCUT2D eigenvalue weighted by molar-refractivity contribution is 6.07. The van der Waals surface area contributed by atoms with E-state index < -0.39 is 0 Å². The smallest absolute Gasteiger partial charge is 0.128 e. The number of hydrogen-bond acceptors (Lipinski definition) is 2. The van der Waals surface area contributed by atoms with E-state index in [0.717, 1.165) is 5.69 Å². The Morgan fingerprint density at radius 1 is 0.741 bits per heavy atom. The van der Waals surface area contributed by atoms with E-state index in [9.17, 15) is 4.39 Å². The molecule has 0 saturated heterocycles. The summed E-state index contributed by atoms with van der Waals surface area (Å²) in [5.41, 5.74) is 3.79. The number of hydrogen-bond donors (Lipinski definition) is 0. The van der Waals surface area contributed by atoms with Crippen LogP contribution in [0.4, 0.5) is 4.39 Å². The highest BCUT2D eigenvalue weighted by Gasteiger charge is 2.12. The zero-order chi connectivity index (χ0) is 18.2. The maximum atomic E-state index is 13.9. The molecule has 0 aliphatic rings. The summed E-state index contributed by atoms with van der Waals surface area (Å²) in [6.07, 6.45) is 1.88. The Balaban J connectivity index is 1.51. The summed E-state index contributed by atoms with van der Waals surface area (Å²) in [4.78, 5) is 0. The van der Waals surface area contributed by atoms with Gasteiger partial charge in [0, 0.05) is 27.4 Å². The number of halogens is 1. The molecule has 4 nitrogen and oxygen atoms in total. The molecule has 5 aromatic rings. The van der Waals surface area contributed by atoms with Crippen LogP contribution in [0.15, 0.2) is 79.0 Å². The first-order valence-corrected chi connectivity index (χ1v) is 8.88. The number of benzene rings is 3. The fourth-order valence-corrected chi connectivity index (χ4v) is 3.63. The van der Waals surface area contributed by atoms with Gasteiger partial charge in [-0.1, -0.05) is 59.8 Å². The third-order valence-corrected chi connectivity index (χ3v) is 4.88. The third-order valence-electron chi connectivity index (χ3n) is 4.88. The van der Waals surface area contributed by atoms with Gasteiger partial charge in [-0.25, -0.2) is 9.07 Å². The van der Waals surface area contributed by atoms with E-state index >= 15 is 0 Å². The number of nitrogens with zero attached hydrogens (tertiary/aromatic N) is 4. The molecule has 0 fully saturated rings. The Hall–Kier alpha value is -3.47. The predicted molar refractivity (Wildman–Crippen MR) is 104 cm³/mol. The summed E-state index contributed by atoms with van der Waals surface area (Å²) < 4.78 is 17.8. The van der Waals surface area contributed by atoms with E-state index in [1.807, 2.05) is 24.4 Å². The fraction of sp³-hybridized carbons (Fsp3) is 0.0909. The Labute approximate surface area is 155 Å². The van der Waals surface area contributed by atoms with E-state index in [1.54, 1.807) is 16.8 Å². The van der Waals surface area contributed by atoms with Gasteiger partial charge in [-0.3, -0.25) is 0 Å². The Bertz CT molecular complexity index is 1200. The van der Waals surface area contributed by atoms with Crippen LogP contribution in [-0.2, 0) is 13.1 Å². The van der Waals surface area contributed by atoms with Gasteiger partial charge in [0.25, 0.3) is 0 Å². The highest BCUT2D eigenvalue weighted by Crippen LogP contribution is 2.29. The van der Waals surface area contributed by atoms with Crippen molar-refractivity contribution in [2.24, 2.45) is 0 Å². The Morgan fingerprint density at radius 3 is 2.07 bits per heavy atom. The molecule has 2 aromatic heterocycles. The van der Waals surface area contributed by atoms with Crippen LogP contribution in [0.1, 0.15) is 11.3 Å². The lowest BCUT2D eigenvalue weighted by atomic mass is 10.2. The zero-order valence-electron chi connectivity index (χ0n) is 14.6. The zero-order valence-corrected chi connectivity index (χ0v) is 14.6. The molecule has 0 unspecified atom stereocenters. The summed E-state index contributed by atoms with van der Waals surface area (Å²) in [7, 11) is 0. The molecule has 0 N–H and O–H groups in total. The fourth-order valence-electron chi connectivity index (χ4n) is 3.63. The minimum absolute atomic E-state index is 0.225. The normalized spacial score (nSPS) is 11.4. The Kier molecular flexibility index (Phi) is 3.71. The Morgan fingerprint density at radius 2 is 1.37 bits per heavy atom. The summed E-state index contributed by atoms with van der Waals surface area (Å²) in [5.74, 6) is -0.225. The van der Waals surface area contributed by atoms with Gasteiger partial charge >= 0.3 is 0 Å². The van der Waals surface area contributed by atoms with Gasteiger partial charge < -0.3 is 4.57 Å². The molecule has 0 amide bonds. The summed E-state index contributed by atoms with van der Waals surface area (Å²) in [5, 5.41) is 10.9. The standard InChI is InChI=1S/C22H17FN4/c23-20-10-4-1-7-16(20)13-26-14-17(24-25-26)15-27-21-11-5-2-8-18(21)19-9-3-6-12-22(19)27/h1-12,14H,13,15H2. The lowest BCUT2D eigenvalue weighted by Gasteiger charge is -2.05. The lowest BCUT2D eigenvalue weighted by molar-refractivity contribution is 0.577. The van der Waals surface area contributed by atoms with Gasteiger partial charge in [-0.2, -0.15) is 0 Å². The van der Waals surface area contributed by atoms with Crippen molar-refractivity contribution in [3.63, 3.8) is 0 Å². The molecule has 27 heavy (non-hydrogen) atoms. The van der Waals surface area contributed by atoms with Gasteiger partial charge in [0.2, 0.25) is 0 Å². The predicted octanol–water partition coefficient (Wildman–Crippen LogP) is 4.62. The molecule has 5 heteroatoms. The van der Waals surface area contributed by atoms with Crippen LogP contribution in [0.3, 0.4) is 0 Å². The molecule has 0 saturated carbocycles. The first kappa shape index (κ1) is 15.8. The quantitative estimate of drug-likeness (QED) is 0.471. The van der Waals surface area contributed by atoms with Crippen molar-refractivity contribution < 1.29 is 4.39 Å². The van der Waals surface area contributed by atoms with Crippen LogP contribution < -0.4 is 0 Å². The maximum Gasteiger partial charge on any atom is 0.128 e. The van der Waals surface area contributed by atoms with Gasteiger partial charge in [-0.15, -0.1) is 5.10 Å². The second-order valence-corrected chi connectivity index (χ2v) is 6.62. The minimum Gasteiger partial charge on any atom is -0.334 e. The first-order chi connectivity index (χ1) is 13.3. The monoisotopic (exact) mass is 356 g/mol. The van der Waals surface area contributed by atoms with Crippen molar-refractivity contribution in [3.8, 4) is 0 Å². The van der Waals surface area contributed by atoms with Crippen LogP contribution in [-0.4, -0.2) is 19.6 Å². The van der Waals surface area contributed by atoms with E-state index in [0.29, 0.717) is 18.7 Å². The lowest BCUT2D eigenvalue weighted by Crippen LogP contribution is -2.02. The number of fused-ring (bicyclic) bond motifs is 3. The van der Waals surface area contributed by atoms with Crippen LogP contribution in [0, 0.1) is 5.82 Å². The second-order valence-electron chi connectivity index (χ2n) is 6.62. The molecule has 0 atom stereocenters. The van der Waals surface area contributed by atoms with Gasteiger partial charge in [0.15, 0.2) is 0 Å². The van der Waals surface area contributed by atoms with Gasteiger partial charge in [0.05, 0.1) is 19.3 Å². The topological polar surface area (TPSA) is 35.6 Å². The average molecular weight is 356 g/mol. The van der Waals surface area contributed by atoms with Crippen molar-refractivity contribution in [2.45, 2.75) is 13.1 Å². The van der Waals surface area contributed by atoms with Gasteiger partial charge in [-0.05, 0) is 18.2 Å². The van der Waals surface area contributed by atoms with E-state index in [2.05, 4.69) is 51.3 Å². The summed E-state index contributed by atoms with van der Waals surface area (Å²) >= 11 is 0. The summed E-state index contributed by atoms with van der Waals surface area (Å²) in [6, 6.07) is 23.5. The average Bonchev–Trinajstić information content (AvgIpc) is 3.27. The molecule has 0 aliphatic heterocycles. The van der Waals surface area contributed by atoms with Crippen molar-refractivity contribution in [2.75, 3.05) is 0 Å². The van der Waals surface area contributed by atoms with Crippen LogP contribution in [0.25, 0.3) is 21.8 Å². The van der Waals surface area contributed by atoms with E-state index in [1.165, 1.54) is 27.9 Å². The van der Waals surface area contributed by atoms with Crippen molar-refractivity contribution in [3.05, 3.63) is 96.1 Å². The molecule has 0 aliphatic carbocycles. The minimum atomic E-state index is -0.225. The molecular formula is C22H17FN4. The highest BCUT2D eigenvalue weighted by atomic mass is 19.1. The first-order valence-electron chi connectivity index (χ1n) is 8.88. The van der Waals surface area contributed by atoms with Crippen LogP contribution in [0.5, 0.6) is 0 Å². The van der Waals surface area contributed by atoms with Crippen molar-refractivity contribution in [1.82, 2.24) is 19.6 Å². The molecule has 132 valence electrons.